The van der Waals surface area contributed by atoms with E-state index in [-0.39, 0.29) is 28.5 Å². The summed E-state index contributed by atoms with van der Waals surface area (Å²) in [6.45, 7) is -2.96. The van der Waals surface area contributed by atoms with Crippen LogP contribution in [0.4, 0.5) is 13.2 Å². The summed E-state index contributed by atoms with van der Waals surface area (Å²) in [4.78, 5) is 12.1. The Morgan fingerprint density at radius 1 is 1.19 bits per heavy atom. The van der Waals surface area contributed by atoms with Crippen LogP contribution < -0.4 is 4.74 Å². The predicted molar refractivity (Wildman–Crippen MR) is 72.5 cm³/mol. The van der Waals surface area contributed by atoms with Crippen molar-refractivity contribution < 1.29 is 22.7 Å². The van der Waals surface area contributed by atoms with Gasteiger partial charge in [-0.15, -0.1) is 0 Å². The first kappa shape index (κ1) is 15.4. The fraction of sp³-hybridized carbons (Fsp3) is 0.133. The molecular weight excluding hydrogens is 305 g/mol. The van der Waals surface area contributed by atoms with Gasteiger partial charge >= 0.3 is 6.61 Å². The number of hydrogen-bond acceptors (Lipinski definition) is 2. The zero-order chi connectivity index (χ0) is 15.4. The van der Waals surface area contributed by atoms with Gasteiger partial charge in [0.1, 0.15) is 11.6 Å². The maximum Gasteiger partial charge on any atom is 0.387 e. The van der Waals surface area contributed by atoms with Crippen molar-refractivity contribution in [2.75, 3.05) is 0 Å². The summed E-state index contributed by atoms with van der Waals surface area (Å²) in [7, 11) is 0. The molecule has 21 heavy (non-hydrogen) atoms. The number of alkyl halides is 2. The van der Waals surface area contributed by atoms with Gasteiger partial charge in [-0.3, -0.25) is 4.79 Å². The molecule has 6 heteroatoms. The molecule has 0 fully saturated rings. The number of benzene rings is 2. The van der Waals surface area contributed by atoms with E-state index < -0.39 is 12.4 Å². The zero-order valence-corrected chi connectivity index (χ0v) is 11.4. The second kappa shape index (κ2) is 6.63. The largest absolute Gasteiger partial charge is 0.435 e. The molecule has 2 aromatic carbocycles. The van der Waals surface area contributed by atoms with Crippen molar-refractivity contribution in [2.24, 2.45) is 0 Å². The molecule has 110 valence electrons. The minimum absolute atomic E-state index is 0.110. The van der Waals surface area contributed by atoms with Gasteiger partial charge in [-0.2, -0.15) is 8.78 Å². The highest BCUT2D eigenvalue weighted by molar-refractivity contribution is 6.31. The number of carbonyl (C=O) groups is 1. The number of halogens is 4. The van der Waals surface area contributed by atoms with Gasteiger partial charge in [0, 0.05) is 17.0 Å². The van der Waals surface area contributed by atoms with Crippen LogP contribution in [0, 0.1) is 5.82 Å². The van der Waals surface area contributed by atoms with Crippen molar-refractivity contribution in [3.05, 3.63) is 64.4 Å². The number of ketones is 1. The van der Waals surface area contributed by atoms with Crippen LogP contribution in [-0.4, -0.2) is 12.4 Å². The molecule has 0 radical (unpaired) electrons. The van der Waals surface area contributed by atoms with Crippen LogP contribution in [0.5, 0.6) is 5.75 Å². The van der Waals surface area contributed by atoms with Gasteiger partial charge in [-0.05, 0) is 35.9 Å². The van der Waals surface area contributed by atoms with Crippen LogP contribution in [-0.2, 0) is 6.42 Å². The summed E-state index contributed by atoms with van der Waals surface area (Å²) in [6, 6.07) is 9.13. The highest BCUT2D eigenvalue weighted by Gasteiger charge is 2.12. The van der Waals surface area contributed by atoms with Crippen LogP contribution in [0.2, 0.25) is 5.02 Å². The van der Waals surface area contributed by atoms with E-state index in [4.69, 9.17) is 11.6 Å². The second-order valence-corrected chi connectivity index (χ2v) is 4.65. The van der Waals surface area contributed by atoms with Gasteiger partial charge in [0.15, 0.2) is 5.78 Å². The first-order valence-electron chi connectivity index (χ1n) is 5.97. The van der Waals surface area contributed by atoms with Crippen LogP contribution >= 0.6 is 11.6 Å². The van der Waals surface area contributed by atoms with Crippen LogP contribution in [0.25, 0.3) is 0 Å². The highest BCUT2D eigenvalue weighted by Crippen LogP contribution is 2.21. The van der Waals surface area contributed by atoms with Crippen molar-refractivity contribution in [3.8, 4) is 5.75 Å². The molecule has 0 amide bonds. The molecule has 0 saturated heterocycles. The molecular formula is C15H10ClF3O2. The molecule has 0 aliphatic rings. The Morgan fingerprint density at radius 3 is 2.67 bits per heavy atom. The molecule has 0 aromatic heterocycles. The Morgan fingerprint density at radius 2 is 1.95 bits per heavy atom. The minimum atomic E-state index is -2.96. The van der Waals surface area contributed by atoms with Crippen LogP contribution in [0.15, 0.2) is 42.5 Å². The third kappa shape index (κ3) is 4.23. The third-order valence-electron chi connectivity index (χ3n) is 2.74. The Bertz CT molecular complexity index is 659. The molecule has 2 aromatic rings. The molecule has 0 heterocycles. The molecule has 0 aliphatic carbocycles. The average molecular weight is 315 g/mol. The van der Waals surface area contributed by atoms with E-state index in [1.54, 1.807) is 0 Å². The quantitative estimate of drug-likeness (QED) is 0.759. The molecule has 0 bridgehead atoms. The summed E-state index contributed by atoms with van der Waals surface area (Å²) in [5.74, 6) is -0.986. The SMILES string of the molecule is O=C(Cc1cc(F)ccc1Cl)c1cccc(OC(F)F)c1. The van der Waals surface area contributed by atoms with Gasteiger partial charge in [0.25, 0.3) is 0 Å². The van der Waals surface area contributed by atoms with Gasteiger partial charge < -0.3 is 4.74 Å². The fourth-order valence-corrected chi connectivity index (χ4v) is 1.98. The van der Waals surface area contributed by atoms with E-state index in [0.29, 0.717) is 5.56 Å². The molecule has 0 unspecified atom stereocenters. The number of rotatable bonds is 5. The van der Waals surface area contributed by atoms with Gasteiger partial charge in [0.2, 0.25) is 0 Å². The maximum atomic E-state index is 13.1. The molecule has 2 nitrogen and oxygen atoms in total. The smallest absolute Gasteiger partial charge is 0.387 e. The Kier molecular flexibility index (Phi) is 4.85. The van der Waals surface area contributed by atoms with E-state index in [9.17, 15) is 18.0 Å². The van der Waals surface area contributed by atoms with Crippen molar-refractivity contribution in [1.82, 2.24) is 0 Å². The summed E-state index contributed by atoms with van der Waals surface area (Å²) < 4.78 is 41.6. The lowest BCUT2D eigenvalue weighted by Gasteiger charge is -2.07. The normalized spacial score (nSPS) is 10.7. The van der Waals surface area contributed by atoms with E-state index in [2.05, 4.69) is 4.74 Å². The molecule has 0 saturated carbocycles. The lowest BCUT2D eigenvalue weighted by molar-refractivity contribution is -0.0498. The van der Waals surface area contributed by atoms with Crippen LogP contribution in [0.3, 0.4) is 0 Å². The third-order valence-corrected chi connectivity index (χ3v) is 3.11. The Balaban J connectivity index is 2.18. The summed E-state index contributed by atoms with van der Waals surface area (Å²) in [5.41, 5.74) is 0.523. The van der Waals surface area contributed by atoms with E-state index >= 15 is 0 Å². The van der Waals surface area contributed by atoms with Gasteiger partial charge in [0.05, 0.1) is 0 Å². The maximum absolute atomic E-state index is 13.1. The Hall–Kier alpha value is -2.01. The van der Waals surface area contributed by atoms with Crippen molar-refractivity contribution in [2.45, 2.75) is 13.0 Å². The first-order chi connectivity index (χ1) is 9.95. The first-order valence-corrected chi connectivity index (χ1v) is 6.35. The molecule has 0 N–H and O–H groups in total. The standard InChI is InChI=1S/C15H10ClF3O2/c16-13-5-4-11(17)6-10(13)8-14(20)9-2-1-3-12(7-9)21-15(18)19/h1-7,15H,8H2. The lowest BCUT2D eigenvalue weighted by Crippen LogP contribution is -2.06. The monoisotopic (exact) mass is 314 g/mol. The summed E-state index contributed by atoms with van der Waals surface area (Å²) in [6.07, 6.45) is -0.130. The number of hydrogen-bond donors (Lipinski definition) is 0. The number of ether oxygens (including phenoxy) is 1. The molecule has 2 rings (SSSR count). The average Bonchev–Trinajstić information content (AvgIpc) is 2.42. The zero-order valence-electron chi connectivity index (χ0n) is 10.7. The second-order valence-electron chi connectivity index (χ2n) is 4.24. The molecule has 0 spiro atoms. The summed E-state index contributed by atoms with van der Waals surface area (Å²) in [5, 5.41) is 0.268. The van der Waals surface area contributed by atoms with E-state index in [1.165, 1.54) is 42.5 Å². The fourth-order valence-electron chi connectivity index (χ4n) is 1.80. The molecule has 0 atom stereocenters. The topological polar surface area (TPSA) is 26.3 Å². The minimum Gasteiger partial charge on any atom is -0.435 e. The van der Waals surface area contributed by atoms with Crippen LogP contribution in [0.1, 0.15) is 15.9 Å². The predicted octanol–water partition coefficient (Wildman–Crippen LogP) is 4.51. The van der Waals surface area contributed by atoms with Gasteiger partial charge in [-0.1, -0.05) is 23.7 Å². The van der Waals surface area contributed by atoms with E-state index in [0.717, 1.165) is 0 Å². The Labute approximate surface area is 124 Å². The number of Topliss-reactive ketones (excluding diaryl/α,β-unsaturated/α-hetero) is 1. The van der Waals surface area contributed by atoms with E-state index in [1.807, 2.05) is 0 Å². The van der Waals surface area contributed by atoms with Gasteiger partial charge in [-0.25, -0.2) is 4.39 Å². The van der Waals surface area contributed by atoms with Crippen molar-refractivity contribution in [1.29, 1.82) is 0 Å². The number of carbonyl (C=O) groups excluding carboxylic acids is 1. The molecule has 0 aliphatic heterocycles. The van der Waals surface area contributed by atoms with Crippen molar-refractivity contribution >= 4 is 17.4 Å². The highest BCUT2D eigenvalue weighted by atomic mass is 35.5. The summed E-state index contributed by atoms with van der Waals surface area (Å²) >= 11 is 5.89. The lowest BCUT2D eigenvalue weighted by atomic mass is 10.0. The van der Waals surface area contributed by atoms with Crippen molar-refractivity contribution in [3.63, 3.8) is 0 Å².